The van der Waals surface area contributed by atoms with Crippen molar-refractivity contribution in [3.8, 4) is 0 Å². The van der Waals surface area contributed by atoms with Crippen molar-refractivity contribution in [2.45, 2.75) is 39.4 Å². The number of rotatable bonds is 5. The summed E-state index contributed by atoms with van der Waals surface area (Å²) in [6, 6.07) is 3.30. The Kier molecular flexibility index (Phi) is 6.01. The largest absolute Gasteiger partial charge is 0.397 e. The minimum atomic E-state index is -1.17. The van der Waals surface area contributed by atoms with Crippen molar-refractivity contribution in [2.75, 3.05) is 18.8 Å². The van der Waals surface area contributed by atoms with E-state index in [0.717, 1.165) is 37.5 Å². The lowest BCUT2D eigenvalue weighted by molar-refractivity contribution is 0.367. The molecule has 5 N–H and O–H groups in total. The number of nitrogens with two attached hydrogens (primary N) is 2. The van der Waals surface area contributed by atoms with Gasteiger partial charge in [0.15, 0.2) is 0 Å². The predicted octanol–water partition coefficient (Wildman–Crippen LogP) is 3.67. The quantitative estimate of drug-likeness (QED) is 0.691. The molecule has 0 saturated heterocycles. The smallest absolute Gasteiger partial charge is 0.212 e. The Morgan fingerprint density at radius 3 is 2.42 bits per heavy atom. The van der Waals surface area contributed by atoms with Crippen LogP contribution in [0.15, 0.2) is 28.9 Å². The highest BCUT2D eigenvalue weighted by Crippen LogP contribution is 2.34. The van der Waals surface area contributed by atoms with Crippen LogP contribution in [-0.2, 0) is 5.79 Å². The lowest BCUT2D eigenvalue weighted by Gasteiger charge is -2.36. The number of amidine groups is 1. The monoisotopic (exact) mass is 369 g/mol. The second kappa shape index (κ2) is 7.64. The van der Waals surface area contributed by atoms with Crippen LogP contribution in [0.4, 0.5) is 5.69 Å². The molecule has 7 heteroatoms. The number of likely N-dealkylation sites (N-methyl/N-ethyl adjacent to an activating group) is 1. The molecule has 0 bridgehead atoms. The van der Waals surface area contributed by atoms with E-state index >= 15 is 0 Å². The van der Waals surface area contributed by atoms with Crippen LogP contribution in [0.2, 0.25) is 10.0 Å². The summed E-state index contributed by atoms with van der Waals surface area (Å²) in [7, 11) is 0. The molecule has 0 saturated carbocycles. The molecule has 1 atom stereocenters. The summed E-state index contributed by atoms with van der Waals surface area (Å²) >= 11 is 12.6. The van der Waals surface area contributed by atoms with Crippen LogP contribution in [0.3, 0.4) is 0 Å². The molecule has 0 radical (unpaired) electrons. The number of nitrogens with one attached hydrogen (secondary N) is 1. The first-order chi connectivity index (χ1) is 11.3. The van der Waals surface area contributed by atoms with Gasteiger partial charge in [-0.2, -0.15) is 0 Å². The second-order valence-electron chi connectivity index (χ2n) is 5.81. The van der Waals surface area contributed by atoms with Crippen molar-refractivity contribution < 1.29 is 0 Å². The van der Waals surface area contributed by atoms with E-state index < -0.39 is 5.79 Å². The molecule has 1 aromatic carbocycles. The first kappa shape index (κ1) is 18.9. The molecule has 1 unspecified atom stereocenters. The third-order valence-electron chi connectivity index (χ3n) is 4.05. The third-order valence-corrected chi connectivity index (χ3v) is 4.69. The van der Waals surface area contributed by atoms with E-state index in [4.69, 9.17) is 39.7 Å². The normalized spacial score (nSPS) is 20.2. The summed E-state index contributed by atoms with van der Waals surface area (Å²) in [5.74, 6) is -0.334. The molecule has 2 rings (SSSR count). The van der Waals surface area contributed by atoms with E-state index in [9.17, 15) is 0 Å². The summed E-state index contributed by atoms with van der Waals surface area (Å²) in [5.41, 5.74) is 14.5. The number of anilines is 1. The average Bonchev–Trinajstić information content (AvgIpc) is 2.52. The van der Waals surface area contributed by atoms with Gasteiger partial charge in [-0.05, 0) is 38.5 Å². The Morgan fingerprint density at radius 2 is 1.83 bits per heavy atom. The maximum Gasteiger partial charge on any atom is 0.212 e. The Bertz CT molecular complexity index is 667. The van der Waals surface area contributed by atoms with Crippen LogP contribution < -0.4 is 16.8 Å². The van der Waals surface area contributed by atoms with E-state index in [2.05, 4.69) is 37.1 Å². The number of benzene rings is 1. The lowest BCUT2D eigenvalue weighted by Crippen LogP contribution is -2.52. The van der Waals surface area contributed by atoms with Crippen LogP contribution in [0.25, 0.3) is 0 Å². The van der Waals surface area contributed by atoms with E-state index in [1.807, 2.05) is 0 Å². The first-order valence-corrected chi connectivity index (χ1v) is 8.97. The number of allylic oxidation sites excluding steroid dienone is 1. The van der Waals surface area contributed by atoms with E-state index in [1.165, 1.54) is 0 Å². The first-order valence-electron chi connectivity index (χ1n) is 8.22. The van der Waals surface area contributed by atoms with E-state index in [-0.39, 0.29) is 0 Å². The SMILES string of the molecule is CCCC1=CC(N(CC)CC)=NC(N)(c2cc(Cl)c(N)cc2Cl)N1. The van der Waals surface area contributed by atoms with Crippen molar-refractivity contribution in [1.29, 1.82) is 0 Å². The molecule has 1 aromatic rings. The summed E-state index contributed by atoms with van der Waals surface area (Å²) in [5, 5.41) is 4.16. The van der Waals surface area contributed by atoms with Crippen molar-refractivity contribution in [3.05, 3.63) is 39.5 Å². The highest BCUT2D eigenvalue weighted by atomic mass is 35.5. The zero-order valence-electron chi connectivity index (χ0n) is 14.4. The van der Waals surface area contributed by atoms with Gasteiger partial charge in [-0.1, -0.05) is 36.5 Å². The molecular weight excluding hydrogens is 345 g/mol. The standard InChI is InChI=1S/C17H25Cl2N5/c1-4-7-11-8-16(24(5-2)6-3)23-17(21,22-11)12-9-14(19)15(20)10-13(12)18/h8-10,22H,4-7,20-21H2,1-3H3. The summed E-state index contributed by atoms with van der Waals surface area (Å²) in [4.78, 5) is 6.90. The van der Waals surface area contributed by atoms with Crippen molar-refractivity contribution in [2.24, 2.45) is 10.7 Å². The Labute approximate surface area is 153 Å². The van der Waals surface area contributed by atoms with Crippen molar-refractivity contribution in [1.82, 2.24) is 10.2 Å². The molecule has 5 nitrogen and oxygen atoms in total. The number of halogens is 2. The topological polar surface area (TPSA) is 79.7 Å². The van der Waals surface area contributed by atoms with Gasteiger partial charge in [0.1, 0.15) is 5.84 Å². The maximum atomic E-state index is 6.61. The zero-order valence-corrected chi connectivity index (χ0v) is 15.9. The molecule has 0 aromatic heterocycles. The molecule has 132 valence electrons. The number of hydrogen-bond acceptors (Lipinski definition) is 5. The summed E-state index contributed by atoms with van der Waals surface area (Å²) in [6.45, 7) is 7.99. The average molecular weight is 370 g/mol. The molecule has 0 fully saturated rings. The van der Waals surface area contributed by atoms with Crippen molar-refractivity contribution >= 4 is 34.7 Å². The summed E-state index contributed by atoms with van der Waals surface area (Å²) < 4.78 is 0. The number of nitrogens with zero attached hydrogens (tertiary/aromatic N) is 2. The molecule has 1 aliphatic rings. The van der Waals surface area contributed by atoms with Gasteiger partial charge in [-0.25, -0.2) is 4.99 Å². The Balaban J connectivity index is 2.54. The molecule has 24 heavy (non-hydrogen) atoms. The van der Waals surface area contributed by atoms with Gasteiger partial charge >= 0.3 is 0 Å². The minimum absolute atomic E-state index is 0.409. The molecule has 0 amide bonds. The number of hydrogen-bond donors (Lipinski definition) is 3. The fourth-order valence-corrected chi connectivity index (χ4v) is 3.25. The van der Waals surface area contributed by atoms with E-state index in [1.54, 1.807) is 12.1 Å². The molecule has 0 aliphatic carbocycles. The molecule has 1 aliphatic heterocycles. The number of nitrogen functional groups attached to an aromatic ring is 1. The molecule has 1 heterocycles. The number of aliphatic imine (C=N–C) groups is 1. The molecule has 0 spiro atoms. The highest BCUT2D eigenvalue weighted by molar-refractivity contribution is 6.35. The third kappa shape index (κ3) is 3.79. The van der Waals surface area contributed by atoms with Gasteiger partial charge in [0.2, 0.25) is 5.79 Å². The summed E-state index contributed by atoms with van der Waals surface area (Å²) in [6.07, 6.45) is 3.92. The maximum absolute atomic E-state index is 6.61. The van der Waals surface area contributed by atoms with E-state index in [0.29, 0.717) is 21.3 Å². The Hall–Kier alpha value is -1.43. The van der Waals surface area contributed by atoms with Gasteiger partial charge in [-0.3, -0.25) is 5.73 Å². The fourth-order valence-electron chi connectivity index (χ4n) is 2.77. The predicted molar refractivity (Wildman–Crippen MR) is 103 cm³/mol. The van der Waals surface area contributed by atoms with Crippen LogP contribution in [0, 0.1) is 0 Å². The van der Waals surface area contributed by atoms with Crippen LogP contribution in [0.5, 0.6) is 0 Å². The van der Waals surface area contributed by atoms with Gasteiger partial charge < -0.3 is 16.0 Å². The lowest BCUT2D eigenvalue weighted by atomic mass is 10.0. The zero-order chi connectivity index (χ0) is 17.9. The van der Waals surface area contributed by atoms with Gasteiger partial charge in [0.25, 0.3) is 0 Å². The van der Waals surface area contributed by atoms with Crippen LogP contribution in [0.1, 0.15) is 39.2 Å². The van der Waals surface area contributed by atoms with Crippen molar-refractivity contribution in [3.63, 3.8) is 0 Å². The van der Waals surface area contributed by atoms with Gasteiger partial charge in [0.05, 0.1) is 15.7 Å². The fraction of sp³-hybridized carbons (Fsp3) is 0.471. The van der Waals surface area contributed by atoms with Gasteiger partial charge in [0, 0.05) is 24.4 Å². The minimum Gasteiger partial charge on any atom is -0.397 e. The molecular formula is C17H25Cl2N5. The second-order valence-corrected chi connectivity index (χ2v) is 6.62. The van der Waals surface area contributed by atoms with Crippen LogP contribution >= 0.6 is 23.2 Å². The van der Waals surface area contributed by atoms with Gasteiger partial charge in [-0.15, -0.1) is 0 Å². The van der Waals surface area contributed by atoms with Crippen LogP contribution in [-0.4, -0.2) is 23.8 Å². The highest BCUT2D eigenvalue weighted by Gasteiger charge is 2.34. The Morgan fingerprint density at radius 1 is 1.17 bits per heavy atom.